The van der Waals surface area contributed by atoms with E-state index in [4.69, 9.17) is 4.74 Å². The Kier molecular flexibility index (Phi) is 6.29. The first kappa shape index (κ1) is 14.8. The first-order chi connectivity index (χ1) is 8.07. The number of hydrogen-bond donors (Lipinski definition) is 1. The molecule has 0 aromatic heterocycles. The SMILES string of the molecule is CCS(=O)(=O)CCN=C1NC(CCOC)CS1. The quantitative estimate of drug-likeness (QED) is 0.736. The number of thioether (sulfide) groups is 1. The Labute approximate surface area is 107 Å². The molecule has 0 spiro atoms. The van der Waals surface area contributed by atoms with Gasteiger partial charge in [0.05, 0.1) is 12.3 Å². The van der Waals surface area contributed by atoms with Gasteiger partial charge in [0.2, 0.25) is 0 Å². The number of sulfone groups is 1. The van der Waals surface area contributed by atoms with Crippen molar-refractivity contribution in [3.8, 4) is 0 Å². The Balaban J connectivity index is 2.28. The summed E-state index contributed by atoms with van der Waals surface area (Å²) in [5, 5.41) is 4.13. The number of aliphatic imine (C=N–C) groups is 1. The van der Waals surface area contributed by atoms with Crippen LogP contribution in [-0.4, -0.2) is 57.1 Å². The second-order valence-electron chi connectivity index (χ2n) is 3.86. The van der Waals surface area contributed by atoms with Crippen LogP contribution in [0.2, 0.25) is 0 Å². The van der Waals surface area contributed by atoms with E-state index in [1.54, 1.807) is 25.8 Å². The third-order valence-electron chi connectivity index (χ3n) is 2.52. The zero-order valence-corrected chi connectivity index (χ0v) is 11.9. The molecule has 1 saturated heterocycles. The highest BCUT2D eigenvalue weighted by Crippen LogP contribution is 2.15. The van der Waals surface area contributed by atoms with E-state index in [9.17, 15) is 8.42 Å². The summed E-state index contributed by atoms with van der Waals surface area (Å²) in [5.41, 5.74) is 0. The Morgan fingerprint density at radius 2 is 2.35 bits per heavy atom. The maximum absolute atomic E-state index is 11.3. The molecule has 1 aliphatic rings. The standard InChI is InChI=1S/C10H20N2O3S2/c1-3-17(13,14)7-5-11-10-12-9(8-16-10)4-6-15-2/h9H,3-8H2,1-2H3,(H,11,12). The van der Waals surface area contributed by atoms with Gasteiger partial charge in [-0.15, -0.1) is 0 Å². The van der Waals surface area contributed by atoms with Crippen molar-refractivity contribution in [2.24, 2.45) is 4.99 Å². The molecule has 0 aliphatic carbocycles. The Hall–Kier alpha value is -0.270. The molecule has 17 heavy (non-hydrogen) atoms. The summed E-state index contributed by atoms with van der Waals surface area (Å²) >= 11 is 1.65. The summed E-state index contributed by atoms with van der Waals surface area (Å²) in [6, 6.07) is 0.390. The molecule has 1 N–H and O–H groups in total. The first-order valence-electron chi connectivity index (χ1n) is 5.70. The van der Waals surface area contributed by atoms with Crippen molar-refractivity contribution in [3.05, 3.63) is 0 Å². The topological polar surface area (TPSA) is 67.8 Å². The zero-order valence-electron chi connectivity index (χ0n) is 10.3. The van der Waals surface area contributed by atoms with Gasteiger partial charge in [0, 0.05) is 31.3 Å². The van der Waals surface area contributed by atoms with E-state index < -0.39 is 9.84 Å². The van der Waals surface area contributed by atoms with Crippen molar-refractivity contribution >= 4 is 26.8 Å². The molecular weight excluding hydrogens is 260 g/mol. The highest BCUT2D eigenvalue weighted by Gasteiger charge is 2.19. The molecule has 0 aromatic rings. The molecule has 0 radical (unpaired) electrons. The third-order valence-corrected chi connectivity index (χ3v) is 5.29. The van der Waals surface area contributed by atoms with Gasteiger partial charge in [-0.25, -0.2) is 8.42 Å². The van der Waals surface area contributed by atoms with Gasteiger partial charge in [0.25, 0.3) is 0 Å². The molecule has 0 saturated carbocycles. The first-order valence-corrected chi connectivity index (χ1v) is 8.51. The molecule has 5 nitrogen and oxygen atoms in total. The molecule has 1 rings (SSSR count). The summed E-state index contributed by atoms with van der Waals surface area (Å²) in [6.45, 7) is 2.74. The lowest BCUT2D eigenvalue weighted by atomic mass is 10.2. The van der Waals surface area contributed by atoms with E-state index >= 15 is 0 Å². The minimum absolute atomic E-state index is 0.137. The fraction of sp³-hybridized carbons (Fsp3) is 0.900. The second kappa shape index (κ2) is 7.23. The van der Waals surface area contributed by atoms with E-state index in [1.807, 2.05) is 0 Å². The van der Waals surface area contributed by atoms with E-state index in [1.165, 1.54) is 0 Å². The molecule has 0 aromatic carbocycles. The molecule has 0 amide bonds. The van der Waals surface area contributed by atoms with Crippen LogP contribution in [0.5, 0.6) is 0 Å². The monoisotopic (exact) mass is 280 g/mol. The minimum atomic E-state index is -2.90. The van der Waals surface area contributed by atoms with Gasteiger partial charge in [0.1, 0.15) is 0 Å². The number of hydrogen-bond acceptors (Lipinski definition) is 5. The van der Waals surface area contributed by atoms with Crippen LogP contribution in [0.25, 0.3) is 0 Å². The molecule has 100 valence electrons. The predicted octanol–water partition coefficient (Wildman–Crippen LogP) is 0.519. The van der Waals surface area contributed by atoms with E-state index in [2.05, 4.69) is 10.3 Å². The zero-order chi connectivity index (χ0) is 12.7. The molecule has 1 heterocycles. The van der Waals surface area contributed by atoms with Crippen molar-refractivity contribution in [1.29, 1.82) is 0 Å². The van der Waals surface area contributed by atoms with E-state index in [-0.39, 0.29) is 11.5 Å². The molecule has 1 unspecified atom stereocenters. The molecule has 1 aliphatic heterocycles. The lowest BCUT2D eigenvalue weighted by Crippen LogP contribution is -2.28. The highest BCUT2D eigenvalue weighted by molar-refractivity contribution is 8.14. The number of nitrogens with zero attached hydrogens (tertiary/aromatic N) is 1. The van der Waals surface area contributed by atoms with Gasteiger partial charge < -0.3 is 10.1 Å². The molecule has 1 fully saturated rings. The summed E-state index contributed by atoms with van der Waals surface area (Å²) in [6.07, 6.45) is 0.954. The van der Waals surface area contributed by atoms with Crippen molar-refractivity contribution in [3.63, 3.8) is 0 Å². The smallest absolute Gasteiger partial charge is 0.156 e. The number of nitrogens with one attached hydrogen (secondary N) is 1. The van der Waals surface area contributed by atoms with Crippen LogP contribution in [0.3, 0.4) is 0 Å². The van der Waals surface area contributed by atoms with Gasteiger partial charge in [0.15, 0.2) is 15.0 Å². The molecule has 0 bridgehead atoms. The predicted molar refractivity (Wildman–Crippen MR) is 72.5 cm³/mol. The minimum Gasteiger partial charge on any atom is -0.385 e. The lowest BCUT2D eigenvalue weighted by molar-refractivity contribution is 0.188. The van der Waals surface area contributed by atoms with Crippen molar-refractivity contribution in [1.82, 2.24) is 5.32 Å². The van der Waals surface area contributed by atoms with Crippen LogP contribution in [0.1, 0.15) is 13.3 Å². The summed E-state index contributed by atoms with van der Waals surface area (Å²) in [4.78, 5) is 4.26. The van der Waals surface area contributed by atoms with Crippen LogP contribution in [-0.2, 0) is 14.6 Å². The number of ether oxygens (including phenoxy) is 1. The number of rotatable bonds is 7. The Morgan fingerprint density at radius 3 is 3.00 bits per heavy atom. The number of methoxy groups -OCH3 is 1. The van der Waals surface area contributed by atoms with E-state index in [0.717, 1.165) is 23.9 Å². The van der Waals surface area contributed by atoms with Crippen molar-refractivity contribution in [2.45, 2.75) is 19.4 Å². The van der Waals surface area contributed by atoms with Crippen LogP contribution in [0.15, 0.2) is 4.99 Å². The lowest BCUT2D eigenvalue weighted by Gasteiger charge is -2.08. The summed E-state index contributed by atoms with van der Waals surface area (Å²) < 4.78 is 27.5. The fourth-order valence-corrected chi connectivity index (χ4v) is 3.07. The average Bonchev–Trinajstić information content (AvgIpc) is 2.74. The second-order valence-corrected chi connectivity index (χ2v) is 7.34. The largest absolute Gasteiger partial charge is 0.385 e. The Bertz CT molecular complexity index is 355. The van der Waals surface area contributed by atoms with Crippen LogP contribution in [0.4, 0.5) is 0 Å². The molecule has 7 heteroatoms. The normalized spacial score (nSPS) is 22.9. The third kappa shape index (κ3) is 5.74. The van der Waals surface area contributed by atoms with Gasteiger partial charge in [-0.2, -0.15) is 0 Å². The van der Waals surface area contributed by atoms with Crippen molar-refractivity contribution < 1.29 is 13.2 Å². The highest BCUT2D eigenvalue weighted by atomic mass is 32.2. The summed E-state index contributed by atoms with van der Waals surface area (Å²) in [5.74, 6) is 1.30. The van der Waals surface area contributed by atoms with Crippen molar-refractivity contribution in [2.75, 3.05) is 37.5 Å². The summed E-state index contributed by atoms with van der Waals surface area (Å²) in [7, 11) is -1.22. The van der Waals surface area contributed by atoms with Gasteiger partial charge in [-0.3, -0.25) is 4.99 Å². The fourth-order valence-electron chi connectivity index (χ4n) is 1.37. The Morgan fingerprint density at radius 1 is 1.59 bits per heavy atom. The average molecular weight is 280 g/mol. The molecular formula is C10H20N2O3S2. The van der Waals surface area contributed by atoms with Gasteiger partial charge >= 0.3 is 0 Å². The van der Waals surface area contributed by atoms with Gasteiger partial charge in [-0.05, 0) is 6.42 Å². The van der Waals surface area contributed by atoms with Crippen LogP contribution < -0.4 is 5.32 Å². The van der Waals surface area contributed by atoms with Crippen LogP contribution in [0, 0.1) is 0 Å². The van der Waals surface area contributed by atoms with E-state index in [0.29, 0.717) is 12.6 Å². The van der Waals surface area contributed by atoms with Crippen LogP contribution >= 0.6 is 11.8 Å². The maximum atomic E-state index is 11.3. The maximum Gasteiger partial charge on any atom is 0.156 e. The molecule has 1 atom stereocenters. The van der Waals surface area contributed by atoms with Gasteiger partial charge in [-0.1, -0.05) is 18.7 Å². The number of amidine groups is 1.